The molecule has 26 heavy (non-hydrogen) atoms. The zero-order chi connectivity index (χ0) is 18.0. The van der Waals surface area contributed by atoms with Gasteiger partial charge in [0.25, 0.3) is 0 Å². The first kappa shape index (κ1) is 25.3. The molecule has 0 radical (unpaired) electrons. The van der Waals surface area contributed by atoms with Crippen molar-refractivity contribution in [1.82, 2.24) is 0 Å². The van der Waals surface area contributed by atoms with Crippen molar-refractivity contribution in [1.29, 1.82) is 0 Å². The summed E-state index contributed by atoms with van der Waals surface area (Å²) in [5.41, 5.74) is 0.646. The van der Waals surface area contributed by atoms with Crippen LogP contribution in [0.25, 0.3) is 0 Å². The van der Waals surface area contributed by atoms with Gasteiger partial charge < -0.3 is 4.74 Å². The molecule has 0 unspecified atom stereocenters. The van der Waals surface area contributed by atoms with Gasteiger partial charge in [0, 0.05) is 0 Å². The Morgan fingerprint density at radius 1 is 0.692 bits per heavy atom. The topological polar surface area (TPSA) is 26.3 Å². The molecule has 0 aliphatic rings. The van der Waals surface area contributed by atoms with E-state index in [1.165, 1.54) is 83.5 Å². The second-order valence-electron chi connectivity index (χ2n) is 7.10. The first-order valence-corrected chi connectivity index (χ1v) is 10.6. The van der Waals surface area contributed by atoms with Gasteiger partial charge in [-0.25, -0.2) is 4.79 Å². The average molecular weight is 355 g/mol. The number of ether oxygens (including phenoxy) is 1. The number of hydrogen-bond donors (Lipinski definition) is 0. The molecule has 0 saturated heterocycles. The molecular weight excluding hydrogens is 315 g/mol. The molecule has 0 bridgehead atoms. The van der Waals surface area contributed by atoms with Gasteiger partial charge in [0.05, 0.1) is 12.2 Å². The molecule has 0 amide bonds. The molecule has 2 nitrogen and oxygen atoms in total. The first-order valence-electron chi connectivity index (χ1n) is 10.6. The molecule has 1 aromatic rings. The zero-order valence-electron chi connectivity index (χ0n) is 16.3. The van der Waals surface area contributed by atoms with Crippen LogP contribution in [0.4, 0.5) is 0 Å². The molecule has 0 aliphatic heterocycles. The number of hydrogen-bond acceptors (Lipinski definition) is 2. The summed E-state index contributed by atoms with van der Waals surface area (Å²) in [5, 5.41) is 0. The van der Waals surface area contributed by atoms with Crippen molar-refractivity contribution in [2.75, 3.05) is 6.61 Å². The average Bonchev–Trinajstić information content (AvgIpc) is 2.65. The van der Waals surface area contributed by atoms with Gasteiger partial charge in [0.15, 0.2) is 0 Å². The summed E-state index contributed by atoms with van der Waals surface area (Å²) >= 11 is 0. The second-order valence-corrected chi connectivity index (χ2v) is 7.10. The third-order valence-corrected chi connectivity index (χ3v) is 4.74. The Hall–Kier alpha value is -0.713. The fourth-order valence-corrected chi connectivity index (χ4v) is 3.12. The van der Waals surface area contributed by atoms with Crippen molar-refractivity contribution in [3.63, 3.8) is 0 Å². The van der Waals surface area contributed by atoms with Gasteiger partial charge in [0.2, 0.25) is 0 Å². The van der Waals surface area contributed by atoms with E-state index >= 15 is 0 Å². The number of benzene rings is 1. The van der Waals surface area contributed by atoms with Gasteiger partial charge in [-0.1, -0.05) is 109 Å². The van der Waals surface area contributed by atoms with E-state index < -0.39 is 0 Å². The third-order valence-electron chi connectivity index (χ3n) is 4.74. The summed E-state index contributed by atoms with van der Waals surface area (Å²) in [5.74, 6) is -0.199. The number of unbranched alkanes of at least 4 members (excludes halogenated alkanes) is 13. The maximum absolute atomic E-state index is 11.8. The number of carbonyl (C=O) groups is 1. The number of carbonyl (C=O) groups excluding carboxylic acids is 1. The fraction of sp³-hybridized carbons (Fsp3) is 0.696. The summed E-state index contributed by atoms with van der Waals surface area (Å²) in [6.07, 6.45) is 18.8. The van der Waals surface area contributed by atoms with E-state index in [0.29, 0.717) is 12.2 Å². The Bertz CT molecular complexity index is 419. The van der Waals surface area contributed by atoms with Crippen LogP contribution in [0.5, 0.6) is 0 Å². The molecule has 0 atom stereocenters. The minimum atomic E-state index is -0.199. The van der Waals surface area contributed by atoms with Crippen molar-refractivity contribution < 1.29 is 9.53 Å². The normalized spacial score (nSPS) is 10.3. The van der Waals surface area contributed by atoms with E-state index in [1.807, 2.05) is 18.2 Å². The quantitative estimate of drug-likeness (QED) is 0.188. The molecule has 0 saturated carbocycles. The van der Waals surface area contributed by atoms with Crippen LogP contribution in [0, 0.1) is 0 Å². The first-order chi connectivity index (χ1) is 12.3. The van der Waals surface area contributed by atoms with Gasteiger partial charge in [-0.2, -0.15) is 0 Å². The Labute approximate surface area is 173 Å². The Morgan fingerprint density at radius 3 is 1.58 bits per heavy atom. The van der Waals surface area contributed by atoms with E-state index in [0.717, 1.165) is 6.42 Å². The SMILES string of the molecule is CCCCCCCCCCCCCCCCOC(=O)c1ccccc1.[LiH]. The van der Waals surface area contributed by atoms with Crippen molar-refractivity contribution in [3.8, 4) is 0 Å². The molecular formula is C23H39LiO2. The summed E-state index contributed by atoms with van der Waals surface area (Å²) in [7, 11) is 0. The van der Waals surface area contributed by atoms with Gasteiger partial charge in [-0.05, 0) is 18.6 Å². The molecule has 0 N–H and O–H groups in total. The van der Waals surface area contributed by atoms with Gasteiger partial charge >= 0.3 is 24.8 Å². The Morgan fingerprint density at radius 2 is 1.12 bits per heavy atom. The zero-order valence-corrected chi connectivity index (χ0v) is 16.3. The molecule has 0 fully saturated rings. The molecule has 0 aromatic heterocycles. The summed E-state index contributed by atoms with van der Waals surface area (Å²) in [6, 6.07) is 9.23. The molecule has 3 heteroatoms. The predicted octanol–water partition coefficient (Wildman–Crippen LogP) is 6.68. The van der Waals surface area contributed by atoms with E-state index in [1.54, 1.807) is 12.1 Å². The van der Waals surface area contributed by atoms with Gasteiger partial charge in [-0.3, -0.25) is 0 Å². The van der Waals surface area contributed by atoms with E-state index in [2.05, 4.69) is 6.92 Å². The summed E-state index contributed by atoms with van der Waals surface area (Å²) in [6.45, 7) is 2.82. The van der Waals surface area contributed by atoms with E-state index in [-0.39, 0.29) is 24.8 Å². The maximum atomic E-state index is 11.8. The summed E-state index contributed by atoms with van der Waals surface area (Å²) < 4.78 is 5.30. The molecule has 0 heterocycles. The van der Waals surface area contributed by atoms with E-state index in [4.69, 9.17) is 4.74 Å². The van der Waals surface area contributed by atoms with Crippen LogP contribution in [0.3, 0.4) is 0 Å². The van der Waals surface area contributed by atoms with Crippen LogP contribution in [0.2, 0.25) is 0 Å². The third kappa shape index (κ3) is 14.5. The molecule has 1 rings (SSSR count). The van der Waals surface area contributed by atoms with Crippen LogP contribution in [0.15, 0.2) is 30.3 Å². The van der Waals surface area contributed by atoms with Gasteiger partial charge in [0.1, 0.15) is 0 Å². The van der Waals surface area contributed by atoms with Crippen LogP contribution in [-0.4, -0.2) is 31.4 Å². The predicted molar refractivity (Wildman–Crippen MR) is 114 cm³/mol. The van der Waals surface area contributed by atoms with Crippen molar-refractivity contribution in [2.24, 2.45) is 0 Å². The monoisotopic (exact) mass is 354 g/mol. The van der Waals surface area contributed by atoms with Crippen molar-refractivity contribution in [3.05, 3.63) is 35.9 Å². The van der Waals surface area contributed by atoms with E-state index in [9.17, 15) is 4.79 Å². The number of esters is 1. The number of rotatable bonds is 16. The fourth-order valence-electron chi connectivity index (χ4n) is 3.12. The standard InChI is InChI=1S/C23H38O2.Li.H/c1-2-3-4-5-6-7-8-9-10-11-12-13-14-18-21-25-23(24)22-19-16-15-17-20-22;;/h15-17,19-20H,2-14,18,21H2,1H3;;. The molecule has 0 aliphatic carbocycles. The van der Waals surface area contributed by atoms with Crippen LogP contribution in [-0.2, 0) is 4.74 Å². The Kier molecular flexibility index (Phi) is 18.5. The second kappa shape index (κ2) is 19.1. The summed E-state index contributed by atoms with van der Waals surface area (Å²) in [4.78, 5) is 11.8. The minimum absolute atomic E-state index is 0. The van der Waals surface area contributed by atoms with Crippen LogP contribution in [0.1, 0.15) is 107 Å². The van der Waals surface area contributed by atoms with Crippen molar-refractivity contribution >= 4 is 24.8 Å². The van der Waals surface area contributed by atoms with Crippen LogP contribution < -0.4 is 0 Å². The molecule has 144 valence electrons. The molecule has 0 spiro atoms. The molecule has 1 aromatic carbocycles. The van der Waals surface area contributed by atoms with Crippen LogP contribution >= 0.6 is 0 Å². The van der Waals surface area contributed by atoms with Crippen molar-refractivity contribution in [2.45, 2.75) is 96.8 Å². The Balaban J connectivity index is 0.00000625. The van der Waals surface area contributed by atoms with Gasteiger partial charge in [-0.15, -0.1) is 0 Å².